The van der Waals surface area contributed by atoms with Gasteiger partial charge in [0.15, 0.2) is 0 Å². The van der Waals surface area contributed by atoms with E-state index < -0.39 is 0 Å². The van der Waals surface area contributed by atoms with Crippen LogP contribution in [0.1, 0.15) is 51.2 Å². The zero-order valence-electron chi connectivity index (χ0n) is 13.9. The van der Waals surface area contributed by atoms with Crippen molar-refractivity contribution >= 4 is 0 Å². The molecule has 0 saturated heterocycles. The van der Waals surface area contributed by atoms with Gasteiger partial charge >= 0.3 is 0 Å². The number of benzene rings is 1. The highest BCUT2D eigenvalue weighted by atomic mass is 16.5. The van der Waals surface area contributed by atoms with Crippen LogP contribution in [-0.4, -0.2) is 24.9 Å². The van der Waals surface area contributed by atoms with Crippen molar-refractivity contribution in [2.24, 2.45) is 17.6 Å². The van der Waals surface area contributed by atoms with Crippen LogP contribution in [0.15, 0.2) is 18.2 Å². The molecule has 2 unspecified atom stereocenters. The maximum atomic E-state index is 9.36. The van der Waals surface area contributed by atoms with Crippen molar-refractivity contribution in [3.05, 3.63) is 29.3 Å². The standard InChI is InChI=1S/C18H31NO2/c1-5-8-21-18-7-6-15(10-17(18)13(2)3)9-14(4)16(11-19)12-20/h6-7,10,13-14,16,20H,5,8-9,11-12,19H2,1-4H3. The van der Waals surface area contributed by atoms with Crippen LogP contribution in [0.4, 0.5) is 0 Å². The van der Waals surface area contributed by atoms with Gasteiger partial charge in [-0.3, -0.25) is 0 Å². The minimum atomic E-state index is 0.159. The Balaban J connectivity index is 2.87. The van der Waals surface area contributed by atoms with Crippen molar-refractivity contribution in [2.75, 3.05) is 19.8 Å². The van der Waals surface area contributed by atoms with Crippen molar-refractivity contribution in [2.45, 2.75) is 46.5 Å². The monoisotopic (exact) mass is 293 g/mol. The molecular formula is C18H31NO2. The third-order valence-electron chi connectivity index (χ3n) is 4.06. The van der Waals surface area contributed by atoms with Crippen LogP contribution in [0, 0.1) is 11.8 Å². The summed E-state index contributed by atoms with van der Waals surface area (Å²) < 4.78 is 5.84. The second-order valence-corrected chi connectivity index (χ2v) is 6.24. The predicted molar refractivity (Wildman–Crippen MR) is 88.8 cm³/mol. The maximum Gasteiger partial charge on any atom is 0.122 e. The molecule has 0 heterocycles. The highest BCUT2D eigenvalue weighted by Crippen LogP contribution is 2.29. The first kappa shape index (κ1) is 18.0. The van der Waals surface area contributed by atoms with Crippen molar-refractivity contribution in [1.29, 1.82) is 0 Å². The number of rotatable bonds is 9. The van der Waals surface area contributed by atoms with Gasteiger partial charge in [0.05, 0.1) is 6.61 Å². The van der Waals surface area contributed by atoms with Gasteiger partial charge in [0, 0.05) is 6.61 Å². The number of hydrogen-bond donors (Lipinski definition) is 2. The van der Waals surface area contributed by atoms with Crippen LogP contribution < -0.4 is 10.5 Å². The third-order valence-corrected chi connectivity index (χ3v) is 4.06. The summed E-state index contributed by atoms with van der Waals surface area (Å²) in [6, 6.07) is 6.47. The summed E-state index contributed by atoms with van der Waals surface area (Å²) in [6.45, 7) is 10.1. The molecule has 0 saturated carbocycles. The first-order chi connectivity index (χ1) is 10.0. The largest absolute Gasteiger partial charge is 0.493 e. The highest BCUT2D eigenvalue weighted by Gasteiger charge is 2.16. The molecule has 0 amide bonds. The second-order valence-electron chi connectivity index (χ2n) is 6.24. The molecule has 120 valence electrons. The first-order valence-electron chi connectivity index (χ1n) is 8.09. The minimum absolute atomic E-state index is 0.159. The number of ether oxygens (including phenoxy) is 1. The molecule has 0 aliphatic rings. The summed E-state index contributed by atoms with van der Waals surface area (Å²) >= 11 is 0. The fourth-order valence-corrected chi connectivity index (χ4v) is 2.54. The lowest BCUT2D eigenvalue weighted by atomic mass is 9.87. The summed E-state index contributed by atoms with van der Waals surface area (Å²) in [4.78, 5) is 0. The number of hydrogen-bond acceptors (Lipinski definition) is 3. The smallest absolute Gasteiger partial charge is 0.122 e. The van der Waals surface area contributed by atoms with E-state index in [1.807, 2.05) is 0 Å². The molecule has 21 heavy (non-hydrogen) atoms. The average Bonchev–Trinajstić information content (AvgIpc) is 2.47. The molecule has 3 N–H and O–H groups in total. The van der Waals surface area contributed by atoms with Gasteiger partial charge in [-0.2, -0.15) is 0 Å². The molecule has 0 bridgehead atoms. The number of aliphatic hydroxyl groups is 1. The Hall–Kier alpha value is -1.06. The normalized spacial score (nSPS) is 14.2. The molecule has 0 radical (unpaired) electrons. The summed E-state index contributed by atoms with van der Waals surface area (Å²) in [5, 5.41) is 9.36. The second kappa shape index (κ2) is 9.06. The number of nitrogens with two attached hydrogens (primary N) is 1. The van der Waals surface area contributed by atoms with Gasteiger partial charge in [-0.05, 0) is 54.3 Å². The summed E-state index contributed by atoms with van der Waals surface area (Å²) in [6.07, 6.45) is 1.96. The Morgan fingerprint density at radius 2 is 1.95 bits per heavy atom. The van der Waals surface area contributed by atoms with Gasteiger partial charge in [-0.25, -0.2) is 0 Å². The first-order valence-corrected chi connectivity index (χ1v) is 8.09. The van der Waals surface area contributed by atoms with Crippen molar-refractivity contribution in [3.63, 3.8) is 0 Å². The minimum Gasteiger partial charge on any atom is -0.493 e. The van der Waals surface area contributed by atoms with Gasteiger partial charge < -0.3 is 15.6 Å². The van der Waals surface area contributed by atoms with Gasteiger partial charge in [0.25, 0.3) is 0 Å². The predicted octanol–water partition coefficient (Wildman–Crippen LogP) is 3.34. The van der Waals surface area contributed by atoms with E-state index in [0.717, 1.165) is 25.2 Å². The third kappa shape index (κ3) is 5.33. The van der Waals surface area contributed by atoms with Crippen LogP contribution in [0.3, 0.4) is 0 Å². The molecule has 3 heteroatoms. The lowest BCUT2D eigenvalue weighted by Crippen LogP contribution is -2.26. The fraction of sp³-hybridized carbons (Fsp3) is 0.667. The van der Waals surface area contributed by atoms with E-state index in [9.17, 15) is 5.11 Å². The fourth-order valence-electron chi connectivity index (χ4n) is 2.54. The molecule has 3 nitrogen and oxygen atoms in total. The lowest BCUT2D eigenvalue weighted by molar-refractivity contribution is 0.187. The van der Waals surface area contributed by atoms with E-state index in [-0.39, 0.29) is 12.5 Å². The molecule has 0 aliphatic carbocycles. The maximum absolute atomic E-state index is 9.36. The van der Waals surface area contributed by atoms with Crippen LogP contribution in [-0.2, 0) is 6.42 Å². The van der Waals surface area contributed by atoms with Gasteiger partial charge in [0.1, 0.15) is 5.75 Å². The van der Waals surface area contributed by atoms with Crippen molar-refractivity contribution in [3.8, 4) is 5.75 Å². The molecule has 0 aliphatic heterocycles. The molecule has 0 aromatic heterocycles. The topological polar surface area (TPSA) is 55.5 Å². The quantitative estimate of drug-likeness (QED) is 0.734. The van der Waals surface area contributed by atoms with Gasteiger partial charge in [0.2, 0.25) is 0 Å². The van der Waals surface area contributed by atoms with Crippen molar-refractivity contribution in [1.82, 2.24) is 0 Å². The van der Waals surface area contributed by atoms with E-state index in [0.29, 0.717) is 18.4 Å². The Kier molecular flexibility index (Phi) is 7.76. The van der Waals surface area contributed by atoms with Crippen LogP contribution >= 0.6 is 0 Å². The van der Waals surface area contributed by atoms with Crippen LogP contribution in [0.2, 0.25) is 0 Å². The SMILES string of the molecule is CCCOc1ccc(CC(C)C(CN)CO)cc1C(C)C. The molecule has 1 aromatic rings. The van der Waals surface area contributed by atoms with Crippen molar-refractivity contribution < 1.29 is 9.84 Å². The molecule has 1 aromatic carbocycles. The molecule has 0 fully saturated rings. The molecular weight excluding hydrogens is 262 g/mol. The van der Waals surface area contributed by atoms with E-state index >= 15 is 0 Å². The summed E-state index contributed by atoms with van der Waals surface area (Å²) in [5.41, 5.74) is 8.27. The van der Waals surface area contributed by atoms with E-state index in [2.05, 4.69) is 45.9 Å². The van der Waals surface area contributed by atoms with E-state index in [1.54, 1.807) is 0 Å². The van der Waals surface area contributed by atoms with Crippen LogP contribution in [0.5, 0.6) is 5.75 Å². The summed E-state index contributed by atoms with van der Waals surface area (Å²) in [5.74, 6) is 1.99. The average molecular weight is 293 g/mol. The van der Waals surface area contributed by atoms with Crippen LogP contribution in [0.25, 0.3) is 0 Å². The summed E-state index contributed by atoms with van der Waals surface area (Å²) in [7, 11) is 0. The Labute approximate surface area is 129 Å². The Morgan fingerprint density at radius 3 is 2.48 bits per heavy atom. The van der Waals surface area contributed by atoms with Gasteiger partial charge in [-0.1, -0.05) is 39.8 Å². The highest BCUT2D eigenvalue weighted by molar-refractivity contribution is 5.39. The zero-order chi connectivity index (χ0) is 15.8. The molecule has 0 spiro atoms. The molecule has 2 atom stereocenters. The Bertz CT molecular complexity index is 414. The van der Waals surface area contributed by atoms with E-state index in [1.165, 1.54) is 11.1 Å². The number of aliphatic hydroxyl groups excluding tert-OH is 1. The molecule has 1 rings (SSSR count). The lowest BCUT2D eigenvalue weighted by Gasteiger charge is -2.21. The zero-order valence-corrected chi connectivity index (χ0v) is 13.9. The van der Waals surface area contributed by atoms with E-state index in [4.69, 9.17) is 10.5 Å². The Morgan fingerprint density at radius 1 is 1.24 bits per heavy atom. The van der Waals surface area contributed by atoms with Gasteiger partial charge in [-0.15, -0.1) is 0 Å².